The minimum Gasteiger partial charge on any atom is -0.489 e. The number of pyridine rings is 1. The number of hydrogen-bond donors (Lipinski definition) is 0. The van der Waals surface area contributed by atoms with Gasteiger partial charge in [0.05, 0.1) is 17.3 Å². The fraction of sp³-hybridized carbons (Fsp3) is 0.381. The number of allylic oxidation sites excluding steroid dienone is 3. The zero-order valence-corrected chi connectivity index (χ0v) is 16.1. The van der Waals surface area contributed by atoms with Crippen molar-refractivity contribution in [1.29, 1.82) is 5.26 Å². The lowest BCUT2D eigenvalue weighted by molar-refractivity contribution is -0.127. The molecule has 27 heavy (non-hydrogen) atoms. The third-order valence-electron chi connectivity index (χ3n) is 5.09. The minimum absolute atomic E-state index is 0.0640. The molecule has 1 aliphatic heterocycles. The van der Waals surface area contributed by atoms with Crippen LogP contribution < -0.4 is 4.74 Å². The van der Waals surface area contributed by atoms with Gasteiger partial charge in [0.25, 0.3) is 5.91 Å². The second-order valence-electron chi connectivity index (χ2n) is 6.72. The molecule has 0 atom stereocenters. The van der Waals surface area contributed by atoms with Crippen LogP contribution in [0.1, 0.15) is 38.3 Å². The Balaban J connectivity index is 1.60. The average molecular weight is 384 g/mol. The van der Waals surface area contributed by atoms with Crippen molar-refractivity contribution in [1.82, 2.24) is 9.88 Å². The molecule has 5 nitrogen and oxygen atoms in total. The van der Waals surface area contributed by atoms with Gasteiger partial charge in [-0.05, 0) is 38.2 Å². The van der Waals surface area contributed by atoms with Gasteiger partial charge in [0.2, 0.25) is 0 Å². The van der Waals surface area contributed by atoms with Crippen LogP contribution in [-0.4, -0.2) is 34.5 Å². The predicted molar refractivity (Wildman–Crippen MR) is 104 cm³/mol. The number of amides is 1. The molecule has 3 rings (SSSR count). The summed E-state index contributed by atoms with van der Waals surface area (Å²) in [5.41, 5.74) is 2.02. The smallest absolute Gasteiger partial charge is 0.254 e. The molecule has 0 bridgehead atoms. The van der Waals surface area contributed by atoms with Gasteiger partial charge in [-0.15, -0.1) is 0 Å². The van der Waals surface area contributed by atoms with E-state index in [2.05, 4.69) is 11.6 Å². The molecular weight excluding hydrogens is 362 g/mol. The molecule has 2 aliphatic rings. The molecule has 0 radical (unpaired) electrons. The summed E-state index contributed by atoms with van der Waals surface area (Å²) in [7, 11) is 0. The first-order valence-electron chi connectivity index (χ1n) is 9.09. The van der Waals surface area contributed by atoms with Crippen molar-refractivity contribution in [3.8, 4) is 11.8 Å². The van der Waals surface area contributed by atoms with Crippen LogP contribution in [0.5, 0.6) is 5.75 Å². The topological polar surface area (TPSA) is 66.2 Å². The fourth-order valence-corrected chi connectivity index (χ4v) is 3.95. The Kier molecular flexibility index (Phi) is 5.98. The zero-order valence-electron chi connectivity index (χ0n) is 15.3. The molecule has 2 heterocycles. The summed E-state index contributed by atoms with van der Waals surface area (Å²) in [6.07, 6.45) is 10.6. The monoisotopic (exact) mass is 383 g/mol. The molecule has 0 N–H and O–H groups in total. The van der Waals surface area contributed by atoms with Crippen LogP contribution in [0.15, 0.2) is 48.2 Å². The van der Waals surface area contributed by atoms with Gasteiger partial charge in [0.15, 0.2) is 5.69 Å². The molecule has 0 spiro atoms. The number of carbonyl (C=O) groups is 1. The van der Waals surface area contributed by atoms with E-state index < -0.39 is 0 Å². The van der Waals surface area contributed by atoms with Gasteiger partial charge in [-0.1, -0.05) is 36.4 Å². The summed E-state index contributed by atoms with van der Waals surface area (Å²) in [6, 6.07) is 3.80. The van der Waals surface area contributed by atoms with Crippen molar-refractivity contribution in [2.24, 2.45) is 0 Å². The molecule has 140 valence electrons. The number of rotatable bonds is 4. The van der Waals surface area contributed by atoms with Crippen molar-refractivity contribution in [2.75, 3.05) is 6.54 Å². The van der Waals surface area contributed by atoms with E-state index in [-0.39, 0.29) is 23.7 Å². The standard InChI is InChI=1S/C21H22ClN3O2/c1-3-5-14-13-25(21(26)18(14)4-2)15-6-8-16(9-7-15)27-17-10-19(22)20(11-23)24-12-17/h3-5,10,12,15-16H,1,6-9,13H2,2H3/b14-5-,18-4+. The van der Waals surface area contributed by atoms with E-state index in [1.165, 1.54) is 6.20 Å². The van der Waals surface area contributed by atoms with Crippen molar-refractivity contribution in [3.63, 3.8) is 0 Å². The van der Waals surface area contributed by atoms with Crippen molar-refractivity contribution < 1.29 is 9.53 Å². The fourth-order valence-electron chi connectivity index (χ4n) is 3.76. The normalized spacial score (nSPS) is 25.7. The van der Waals surface area contributed by atoms with E-state index in [4.69, 9.17) is 21.6 Å². The number of nitriles is 1. The Morgan fingerprint density at radius 3 is 2.74 bits per heavy atom. The van der Waals surface area contributed by atoms with Crippen LogP contribution in [-0.2, 0) is 4.79 Å². The van der Waals surface area contributed by atoms with Gasteiger partial charge < -0.3 is 9.64 Å². The number of likely N-dealkylation sites (tertiary alicyclic amines) is 1. The molecular formula is C21H22ClN3O2. The van der Waals surface area contributed by atoms with E-state index in [1.54, 1.807) is 12.1 Å². The summed E-state index contributed by atoms with van der Waals surface area (Å²) in [4.78, 5) is 18.7. The maximum absolute atomic E-state index is 12.7. The molecule has 1 aliphatic carbocycles. The summed E-state index contributed by atoms with van der Waals surface area (Å²) in [5, 5.41) is 9.19. The Bertz CT molecular complexity index is 845. The number of ether oxygens (including phenoxy) is 1. The lowest BCUT2D eigenvalue weighted by atomic mass is 9.92. The zero-order chi connectivity index (χ0) is 19.4. The molecule has 1 aromatic heterocycles. The van der Waals surface area contributed by atoms with Crippen LogP contribution in [0.4, 0.5) is 0 Å². The first-order chi connectivity index (χ1) is 13.1. The second-order valence-corrected chi connectivity index (χ2v) is 7.13. The number of carbonyl (C=O) groups excluding carboxylic acids is 1. The number of halogens is 1. The highest BCUT2D eigenvalue weighted by molar-refractivity contribution is 6.31. The van der Waals surface area contributed by atoms with Crippen LogP contribution in [0.25, 0.3) is 0 Å². The van der Waals surface area contributed by atoms with Crippen LogP contribution in [0.2, 0.25) is 5.02 Å². The lowest BCUT2D eigenvalue weighted by Gasteiger charge is -2.34. The lowest BCUT2D eigenvalue weighted by Crippen LogP contribution is -2.41. The summed E-state index contributed by atoms with van der Waals surface area (Å²) in [6.45, 7) is 6.29. The maximum Gasteiger partial charge on any atom is 0.254 e. The quantitative estimate of drug-likeness (QED) is 0.731. The van der Waals surface area contributed by atoms with Gasteiger partial charge in [-0.25, -0.2) is 4.98 Å². The molecule has 0 unspecified atom stereocenters. The molecule has 1 amide bonds. The van der Waals surface area contributed by atoms with Gasteiger partial charge in [-0.3, -0.25) is 4.79 Å². The Labute approximate surface area is 164 Å². The van der Waals surface area contributed by atoms with Crippen molar-refractivity contribution in [3.05, 3.63) is 58.9 Å². The van der Waals surface area contributed by atoms with Gasteiger partial charge >= 0.3 is 0 Å². The first-order valence-corrected chi connectivity index (χ1v) is 9.46. The van der Waals surface area contributed by atoms with Crippen molar-refractivity contribution >= 4 is 17.5 Å². The highest BCUT2D eigenvalue weighted by Crippen LogP contribution is 2.33. The molecule has 2 fully saturated rings. The number of nitrogens with zero attached hydrogens (tertiary/aromatic N) is 3. The summed E-state index contributed by atoms with van der Waals surface area (Å²) in [5.74, 6) is 0.685. The molecule has 0 aromatic carbocycles. The third kappa shape index (κ3) is 4.06. The van der Waals surface area contributed by atoms with Gasteiger partial charge in [-0.2, -0.15) is 5.26 Å². The van der Waals surface area contributed by atoms with Crippen LogP contribution in [0.3, 0.4) is 0 Å². The van der Waals surface area contributed by atoms with Gasteiger partial charge in [0.1, 0.15) is 11.8 Å². The average Bonchev–Trinajstić information content (AvgIpc) is 2.98. The minimum atomic E-state index is 0.0640. The largest absolute Gasteiger partial charge is 0.489 e. The first kappa shape index (κ1) is 19.2. The highest BCUT2D eigenvalue weighted by Gasteiger charge is 2.36. The van der Waals surface area contributed by atoms with Crippen LogP contribution >= 0.6 is 11.6 Å². The summed E-state index contributed by atoms with van der Waals surface area (Å²) >= 11 is 6.01. The maximum atomic E-state index is 12.7. The molecule has 1 aromatic rings. The van der Waals surface area contributed by atoms with E-state index in [9.17, 15) is 4.79 Å². The molecule has 1 saturated heterocycles. The predicted octanol–water partition coefficient (Wildman–Crippen LogP) is 4.20. The number of aromatic nitrogens is 1. The third-order valence-corrected chi connectivity index (χ3v) is 5.38. The molecule has 1 saturated carbocycles. The van der Waals surface area contributed by atoms with Gasteiger partial charge in [0, 0.05) is 24.2 Å². The molecule has 6 heteroatoms. The SMILES string of the molecule is C=C/C=C1/CN(C2CCC(Oc3cnc(C#N)c(Cl)c3)CC2)C(=O)/C1=C/C. The Morgan fingerprint density at radius 2 is 2.15 bits per heavy atom. The Hall–Kier alpha value is -2.58. The van der Waals surface area contributed by atoms with Crippen molar-refractivity contribution in [2.45, 2.75) is 44.8 Å². The Morgan fingerprint density at radius 1 is 1.41 bits per heavy atom. The number of hydrogen-bond acceptors (Lipinski definition) is 4. The van der Waals surface area contributed by atoms with Crippen LogP contribution in [0, 0.1) is 11.3 Å². The van der Waals surface area contributed by atoms with E-state index >= 15 is 0 Å². The van der Waals surface area contributed by atoms with E-state index in [1.807, 2.05) is 30.0 Å². The second kappa shape index (κ2) is 8.41. The van der Waals surface area contributed by atoms with E-state index in [0.717, 1.165) is 36.8 Å². The van der Waals surface area contributed by atoms with E-state index in [0.29, 0.717) is 17.3 Å². The highest BCUT2D eigenvalue weighted by atomic mass is 35.5. The summed E-state index contributed by atoms with van der Waals surface area (Å²) < 4.78 is 5.98.